The highest BCUT2D eigenvalue weighted by atomic mass is 19.1. The maximum atomic E-state index is 14.0. The molecule has 1 aliphatic heterocycles. The summed E-state index contributed by atoms with van der Waals surface area (Å²) in [4.78, 5) is 16.4. The Bertz CT molecular complexity index is 948. The molecule has 0 unspecified atom stereocenters. The predicted octanol–water partition coefficient (Wildman–Crippen LogP) is 1.97. The summed E-state index contributed by atoms with van der Waals surface area (Å²) < 4.78 is 25.6. The van der Waals surface area contributed by atoms with Crippen molar-refractivity contribution in [3.8, 4) is 11.4 Å². The number of ether oxygens (including phenoxy) is 1. The molecule has 1 aliphatic rings. The van der Waals surface area contributed by atoms with Crippen molar-refractivity contribution in [2.24, 2.45) is 0 Å². The molecule has 4 rings (SSSR count). The lowest BCUT2D eigenvalue weighted by molar-refractivity contribution is 0.0625. The van der Waals surface area contributed by atoms with Gasteiger partial charge in [-0.25, -0.2) is 9.07 Å². The molecule has 0 radical (unpaired) electrons. The maximum absolute atomic E-state index is 14.0. The normalized spacial score (nSPS) is 15.0. The van der Waals surface area contributed by atoms with Gasteiger partial charge in [0.05, 0.1) is 36.5 Å². The van der Waals surface area contributed by atoms with Gasteiger partial charge in [-0.2, -0.15) is 0 Å². The molecule has 28 heavy (non-hydrogen) atoms. The van der Waals surface area contributed by atoms with Crippen molar-refractivity contribution >= 4 is 5.91 Å². The third kappa shape index (κ3) is 3.61. The van der Waals surface area contributed by atoms with Gasteiger partial charge in [0, 0.05) is 38.8 Å². The lowest BCUT2D eigenvalue weighted by Gasteiger charge is -2.34. The molecular formula is C19H20FN5O3. The number of amides is 1. The van der Waals surface area contributed by atoms with Gasteiger partial charge in [-0.05, 0) is 18.2 Å². The summed E-state index contributed by atoms with van der Waals surface area (Å²) in [5.41, 5.74) is 2.00. The van der Waals surface area contributed by atoms with E-state index in [0.717, 1.165) is 18.8 Å². The second-order valence-corrected chi connectivity index (χ2v) is 6.54. The van der Waals surface area contributed by atoms with Crippen LogP contribution in [0.2, 0.25) is 0 Å². The molecule has 3 heterocycles. The zero-order valence-electron chi connectivity index (χ0n) is 15.4. The minimum absolute atomic E-state index is 0.0196. The second kappa shape index (κ2) is 7.81. The van der Waals surface area contributed by atoms with Crippen LogP contribution >= 0.6 is 0 Å². The van der Waals surface area contributed by atoms with Crippen molar-refractivity contribution in [1.82, 2.24) is 24.8 Å². The van der Waals surface area contributed by atoms with E-state index >= 15 is 0 Å². The number of benzene rings is 1. The fourth-order valence-electron chi connectivity index (χ4n) is 3.28. The van der Waals surface area contributed by atoms with Crippen LogP contribution in [0.4, 0.5) is 4.39 Å². The van der Waals surface area contributed by atoms with Gasteiger partial charge in [0.1, 0.15) is 6.26 Å². The van der Waals surface area contributed by atoms with E-state index in [1.54, 1.807) is 29.1 Å². The first kappa shape index (κ1) is 18.2. The van der Waals surface area contributed by atoms with Crippen molar-refractivity contribution < 1.29 is 18.3 Å². The second-order valence-electron chi connectivity index (χ2n) is 6.54. The molecule has 9 heteroatoms. The number of hydrogen-bond donors (Lipinski definition) is 0. The molecule has 2 aromatic heterocycles. The fourth-order valence-corrected chi connectivity index (χ4v) is 3.28. The molecule has 0 spiro atoms. The molecule has 0 bridgehead atoms. The average Bonchev–Trinajstić information content (AvgIpc) is 3.40. The number of carbonyl (C=O) groups is 1. The zero-order valence-corrected chi connectivity index (χ0v) is 15.4. The highest BCUT2D eigenvalue weighted by Gasteiger charge is 2.23. The fraction of sp³-hybridized carbons (Fsp3) is 0.316. The number of rotatable bonds is 5. The van der Waals surface area contributed by atoms with Crippen molar-refractivity contribution in [3.63, 3.8) is 0 Å². The van der Waals surface area contributed by atoms with Gasteiger partial charge in [0.25, 0.3) is 5.91 Å². The molecule has 1 fully saturated rings. The first-order valence-corrected chi connectivity index (χ1v) is 8.93. The highest BCUT2D eigenvalue weighted by molar-refractivity contribution is 5.93. The van der Waals surface area contributed by atoms with E-state index in [4.69, 9.17) is 9.15 Å². The van der Waals surface area contributed by atoms with Crippen molar-refractivity contribution in [2.75, 3.05) is 33.3 Å². The van der Waals surface area contributed by atoms with Crippen molar-refractivity contribution in [3.05, 3.63) is 60.1 Å². The monoisotopic (exact) mass is 385 g/mol. The number of halogens is 1. The van der Waals surface area contributed by atoms with Gasteiger partial charge in [-0.3, -0.25) is 9.69 Å². The maximum Gasteiger partial charge on any atom is 0.257 e. The molecule has 1 amide bonds. The third-order valence-electron chi connectivity index (χ3n) is 4.81. The minimum atomic E-state index is -0.451. The highest BCUT2D eigenvalue weighted by Crippen LogP contribution is 2.21. The van der Waals surface area contributed by atoms with Gasteiger partial charge in [0.15, 0.2) is 11.6 Å². The molecular weight excluding hydrogens is 365 g/mol. The molecule has 0 N–H and O–H groups in total. The van der Waals surface area contributed by atoms with Crippen LogP contribution in [0, 0.1) is 5.82 Å². The molecule has 3 aromatic rings. The van der Waals surface area contributed by atoms with E-state index in [1.807, 2.05) is 4.90 Å². The van der Waals surface area contributed by atoms with Crippen LogP contribution in [-0.4, -0.2) is 64.0 Å². The van der Waals surface area contributed by atoms with Crippen LogP contribution in [0.5, 0.6) is 5.75 Å². The summed E-state index contributed by atoms with van der Waals surface area (Å²) >= 11 is 0. The number of piperazine rings is 1. The number of nitrogens with zero attached hydrogens (tertiary/aromatic N) is 5. The van der Waals surface area contributed by atoms with E-state index in [1.165, 1.54) is 25.7 Å². The lowest BCUT2D eigenvalue weighted by atomic mass is 10.2. The van der Waals surface area contributed by atoms with Gasteiger partial charge in [-0.1, -0.05) is 5.21 Å². The minimum Gasteiger partial charge on any atom is -0.494 e. The van der Waals surface area contributed by atoms with Crippen LogP contribution in [0.15, 0.2) is 47.4 Å². The van der Waals surface area contributed by atoms with Crippen molar-refractivity contribution in [1.29, 1.82) is 0 Å². The summed E-state index contributed by atoms with van der Waals surface area (Å²) in [5.74, 6) is -0.287. The molecule has 0 aliphatic carbocycles. The van der Waals surface area contributed by atoms with E-state index in [9.17, 15) is 9.18 Å². The van der Waals surface area contributed by atoms with Crippen LogP contribution in [0.1, 0.15) is 16.1 Å². The molecule has 1 saturated heterocycles. The topological polar surface area (TPSA) is 76.6 Å². The molecule has 0 atom stereocenters. The van der Waals surface area contributed by atoms with Gasteiger partial charge < -0.3 is 14.1 Å². The quantitative estimate of drug-likeness (QED) is 0.668. The largest absolute Gasteiger partial charge is 0.494 e. The summed E-state index contributed by atoms with van der Waals surface area (Å²) in [6, 6.07) is 6.35. The molecule has 8 nitrogen and oxygen atoms in total. The summed E-state index contributed by atoms with van der Waals surface area (Å²) in [7, 11) is 1.43. The van der Waals surface area contributed by atoms with Gasteiger partial charge >= 0.3 is 0 Å². The lowest BCUT2D eigenvalue weighted by Crippen LogP contribution is -2.48. The van der Waals surface area contributed by atoms with Crippen LogP contribution in [0.25, 0.3) is 5.69 Å². The Kier molecular flexibility index (Phi) is 5.07. The Labute approximate surface area is 161 Å². The third-order valence-corrected chi connectivity index (χ3v) is 4.81. The number of hydrogen-bond acceptors (Lipinski definition) is 6. The number of methoxy groups -OCH3 is 1. The van der Waals surface area contributed by atoms with Gasteiger partial charge in [-0.15, -0.1) is 5.10 Å². The Morgan fingerprint density at radius 1 is 1.25 bits per heavy atom. The standard InChI is InChI=1S/C19H20FN5O3/c1-27-18-3-2-15(10-17(18)20)25-16(11-21-22-25)12-23-5-7-24(8-6-23)19(26)14-4-9-28-13-14/h2-4,9-11,13H,5-8,12H2,1H3. The van der Waals surface area contributed by atoms with E-state index < -0.39 is 5.82 Å². The molecule has 0 saturated carbocycles. The Balaban J connectivity index is 1.41. The van der Waals surface area contributed by atoms with Crippen molar-refractivity contribution in [2.45, 2.75) is 6.54 Å². The Morgan fingerprint density at radius 2 is 2.07 bits per heavy atom. The number of aromatic nitrogens is 3. The summed E-state index contributed by atoms with van der Waals surface area (Å²) in [6.45, 7) is 3.32. The smallest absolute Gasteiger partial charge is 0.257 e. The first-order valence-electron chi connectivity index (χ1n) is 8.93. The molecule has 146 valence electrons. The zero-order chi connectivity index (χ0) is 19.5. The predicted molar refractivity (Wildman–Crippen MR) is 97.8 cm³/mol. The van der Waals surface area contributed by atoms with Gasteiger partial charge in [0.2, 0.25) is 0 Å². The molecule has 1 aromatic carbocycles. The Morgan fingerprint density at radius 3 is 2.75 bits per heavy atom. The number of furan rings is 1. The van der Waals surface area contributed by atoms with E-state index in [0.29, 0.717) is 30.9 Å². The van der Waals surface area contributed by atoms with Crippen LogP contribution < -0.4 is 4.74 Å². The van der Waals surface area contributed by atoms with Crippen LogP contribution in [0.3, 0.4) is 0 Å². The SMILES string of the molecule is COc1ccc(-n2nncc2CN2CCN(C(=O)c3ccoc3)CC2)cc1F. The van der Waals surface area contributed by atoms with E-state index in [2.05, 4.69) is 15.2 Å². The van der Waals surface area contributed by atoms with E-state index in [-0.39, 0.29) is 11.7 Å². The number of carbonyl (C=O) groups excluding carboxylic acids is 1. The summed E-state index contributed by atoms with van der Waals surface area (Å²) in [5, 5.41) is 8.05. The Hall–Kier alpha value is -3.20. The van der Waals surface area contributed by atoms with Crippen LogP contribution in [-0.2, 0) is 6.54 Å². The average molecular weight is 385 g/mol. The summed E-state index contributed by atoms with van der Waals surface area (Å²) in [6.07, 6.45) is 4.64. The first-order chi connectivity index (χ1) is 13.7.